The molecule has 0 unspecified atom stereocenters. The summed E-state index contributed by atoms with van der Waals surface area (Å²) >= 11 is 1.61. The summed E-state index contributed by atoms with van der Waals surface area (Å²) in [5.74, 6) is 0. The second-order valence-corrected chi connectivity index (χ2v) is 4.70. The van der Waals surface area contributed by atoms with Crippen LogP contribution < -0.4 is 0 Å². The Kier molecular flexibility index (Phi) is 2.36. The largest absolute Gasteiger partial charge is 0.325 e. The van der Waals surface area contributed by atoms with Crippen LogP contribution in [-0.2, 0) is 0 Å². The highest BCUT2D eigenvalue weighted by Gasteiger charge is 2.27. The number of nitrogens with zero attached hydrogens (tertiary/aromatic N) is 3. The Morgan fingerprint density at radius 3 is 2.82 bits per heavy atom. The smallest absolute Gasteiger partial charge is 0.269 e. The van der Waals surface area contributed by atoms with Crippen molar-refractivity contribution >= 4 is 22.6 Å². The van der Waals surface area contributed by atoms with Gasteiger partial charge in [-0.3, -0.25) is 15.1 Å². The molecule has 2 aliphatic heterocycles. The molecule has 1 aromatic rings. The van der Waals surface area contributed by atoms with Crippen molar-refractivity contribution in [2.75, 3.05) is 6.54 Å². The zero-order valence-corrected chi connectivity index (χ0v) is 9.63. The van der Waals surface area contributed by atoms with Gasteiger partial charge < -0.3 is 4.90 Å². The fourth-order valence-corrected chi connectivity index (χ4v) is 2.69. The lowest BCUT2D eigenvalue weighted by atomic mass is 10.1. The van der Waals surface area contributed by atoms with E-state index in [4.69, 9.17) is 0 Å². The Morgan fingerprint density at radius 1 is 1.41 bits per heavy atom. The number of benzene rings is 1. The van der Waals surface area contributed by atoms with Gasteiger partial charge in [0, 0.05) is 18.3 Å². The number of amidine groups is 1. The van der Waals surface area contributed by atoms with Crippen LogP contribution in [-0.4, -0.2) is 21.5 Å². The lowest BCUT2D eigenvalue weighted by Crippen LogP contribution is -2.15. The average molecular weight is 247 g/mol. The lowest BCUT2D eigenvalue weighted by Gasteiger charge is -2.10. The van der Waals surface area contributed by atoms with E-state index in [0.717, 1.165) is 17.3 Å². The molecule has 3 rings (SSSR count). The van der Waals surface area contributed by atoms with Crippen molar-refractivity contribution in [2.24, 2.45) is 4.99 Å². The molecule has 86 valence electrons. The molecule has 17 heavy (non-hydrogen) atoms. The first-order valence-electron chi connectivity index (χ1n) is 5.16. The van der Waals surface area contributed by atoms with Crippen LogP contribution in [0.5, 0.6) is 0 Å². The highest BCUT2D eigenvalue weighted by Crippen LogP contribution is 2.33. The monoisotopic (exact) mass is 247 g/mol. The summed E-state index contributed by atoms with van der Waals surface area (Å²) in [5, 5.41) is 13.6. The van der Waals surface area contributed by atoms with Crippen molar-refractivity contribution in [3.8, 4) is 0 Å². The molecular weight excluding hydrogens is 238 g/mol. The minimum atomic E-state index is -0.388. The van der Waals surface area contributed by atoms with Gasteiger partial charge in [-0.2, -0.15) is 0 Å². The summed E-state index contributed by atoms with van der Waals surface area (Å²) < 4.78 is 0. The second-order valence-electron chi connectivity index (χ2n) is 3.83. The Hall–Kier alpha value is -1.82. The van der Waals surface area contributed by atoms with Gasteiger partial charge in [-0.25, -0.2) is 0 Å². The third-order valence-electron chi connectivity index (χ3n) is 2.78. The van der Waals surface area contributed by atoms with Gasteiger partial charge in [-0.05, 0) is 23.1 Å². The van der Waals surface area contributed by atoms with Crippen LogP contribution in [0.2, 0.25) is 0 Å². The van der Waals surface area contributed by atoms with E-state index in [1.807, 2.05) is 11.6 Å². The van der Waals surface area contributed by atoms with Crippen LogP contribution in [0.4, 0.5) is 5.69 Å². The number of hydrogen-bond donors (Lipinski definition) is 0. The molecule has 0 aliphatic carbocycles. The van der Waals surface area contributed by atoms with Crippen molar-refractivity contribution in [3.63, 3.8) is 0 Å². The van der Waals surface area contributed by atoms with Crippen molar-refractivity contribution in [1.82, 2.24) is 4.90 Å². The van der Waals surface area contributed by atoms with E-state index in [1.54, 1.807) is 23.9 Å². The molecule has 0 aromatic heterocycles. The predicted molar refractivity (Wildman–Crippen MR) is 66.7 cm³/mol. The number of nitro groups is 1. The van der Waals surface area contributed by atoms with Crippen molar-refractivity contribution in [1.29, 1.82) is 0 Å². The molecule has 0 N–H and O–H groups in total. The van der Waals surface area contributed by atoms with Gasteiger partial charge in [-0.1, -0.05) is 11.8 Å². The molecule has 0 bridgehead atoms. The van der Waals surface area contributed by atoms with Gasteiger partial charge in [-0.15, -0.1) is 0 Å². The van der Waals surface area contributed by atoms with Gasteiger partial charge in [0.2, 0.25) is 0 Å². The zero-order valence-electron chi connectivity index (χ0n) is 8.81. The number of non-ortho nitro benzene ring substituents is 1. The van der Waals surface area contributed by atoms with Crippen LogP contribution in [0.25, 0.3) is 0 Å². The number of rotatable bonds is 2. The molecule has 0 fully saturated rings. The Balaban J connectivity index is 1.82. The van der Waals surface area contributed by atoms with E-state index in [0.29, 0.717) is 0 Å². The van der Waals surface area contributed by atoms with Crippen LogP contribution in [0.1, 0.15) is 11.6 Å². The van der Waals surface area contributed by atoms with Gasteiger partial charge >= 0.3 is 0 Å². The minimum absolute atomic E-state index is 0.0863. The van der Waals surface area contributed by atoms with E-state index < -0.39 is 0 Å². The highest BCUT2D eigenvalue weighted by atomic mass is 32.2. The van der Waals surface area contributed by atoms with Crippen LogP contribution >= 0.6 is 11.8 Å². The number of fused-ring (bicyclic) bond motifs is 1. The number of nitro benzene ring substituents is 1. The number of hydrogen-bond acceptors (Lipinski definition) is 5. The average Bonchev–Trinajstić information content (AvgIpc) is 2.89. The summed E-state index contributed by atoms with van der Waals surface area (Å²) in [5.41, 5.74) is 1.14. The summed E-state index contributed by atoms with van der Waals surface area (Å²) in [6.07, 6.45) is 2.01. The maximum Gasteiger partial charge on any atom is 0.269 e. The van der Waals surface area contributed by atoms with Crippen LogP contribution in [0.3, 0.4) is 0 Å². The summed E-state index contributed by atoms with van der Waals surface area (Å²) in [6, 6.07) is 6.71. The van der Waals surface area contributed by atoms with E-state index in [-0.39, 0.29) is 16.7 Å². The number of aliphatic imine (C=N–C) groups is 1. The zero-order chi connectivity index (χ0) is 11.8. The first-order valence-corrected chi connectivity index (χ1v) is 6.04. The first kappa shape index (κ1) is 10.3. The maximum absolute atomic E-state index is 10.6. The molecule has 2 heterocycles. The van der Waals surface area contributed by atoms with Gasteiger partial charge in [0.15, 0.2) is 5.17 Å². The lowest BCUT2D eigenvalue weighted by molar-refractivity contribution is -0.384. The van der Waals surface area contributed by atoms with E-state index >= 15 is 0 Å². The summed E-state index contributed by atoms with van der Waals surface area (Å²) in [7, 11) is 0. The van der Waals surface area contributed by atoms with E-state index in [9.17, 15) is 10.1 Å². The molecule has 0 amide bonds. The third kappa shape index (κ3) is 1.80. The standard InChI is InChI=1S/C11H9N3O2S/c15-14(16)9-3-1-8(2-4-9)10-7-13-5-6-17-11(13)12-10/h1-6,10H,7H2/t10-/m0/s1. The Morgan fingerprint density at radius 2 is 2.18 bits per heavy atom. The fraction of sp³-hybridized carbons (Fsp3) is 0.182. The molecule has 0 saturated carbocycles. The normalized spacial score (nSPS) is 21.5. The molecule has 1 atom stereocenters. The van der Waals surface area contributed by atoms with E-state index in [1.165, 1.54) is 12.1 Å². The van der Waals surface area contributed by atoms with Crippen LogP contribution in [0.15, 0.2) is 40.9 Å². The highest BCUT2D eigenvalue weighted by molar-refractivity contribution is 8.16. The van der Waals surface area contributed by atoms with Crippen LogP contribution in [0, 0.1) is 10.1 Å². The molecule has 0 spiro atoms. The summed E-state index contributed by atoms with van der Waals surface area (Å²) in [6.45, 7) is 0.816. The third-order valence-corrected chi connectivity index (χ3v) is 3.59. The maximum atomic E-state index is 10.6. The number of thioether (sulfide) groups is 1. The Labute approximate surface area is 102 Å². The van der Waals surface area contributed by atoms with Crippen molar-refractivity contribution in [2.45, 2.75) is 6.04 Å². The topological polar surface area (TPSA) is 58.7 Å². The van der Waals surface area contributed by atoms with Crippen molar-refractivity contribution in [3.05, 3.63) is 51.6 Å². The molecule has 1 aromatic carbocycles. The van der Waals surface area contributed by atoms with E-state index in [2.05, 4.69) is 9.89 Å². The molecule has 2 aliphatic rings. The quantitative estimate of drug-likeness (QED) is 0.595. The van der Waals surface area contributed by atoms with Crippen molar-refractivity contribution < 1.29 is 4.92 Å². The van der Waals surface area contributed by atoms with Gasteiger partial charge in [0.25, 0.3) is 5.69 Å². The molecule has 5 nitrogen and oxygen atoms in total. The molecule has 0 saturated heterocycles. The predicted octanol–water partition coefficient (Wildman–Crippen LogP) is 2.53. The first-order chi connectivity index (χ1) is 8.24. The molecular formula is C11H9N3O2S. The summed E-state index contributed by atoms with van der Waals surface area (Å²) in [4.78, 5) is 16.8. The van der Waals surface area contributed by atoms with Gasteiger partial charge in [0.1, 0.15) is 0 Å². The molecule has 0 radical (unpaired) electrons. The van der Waals surface area contributed by atoms with Gasteiger partial charge in [0.05, 0.1) is 17.5 Å². The Bertz CT molecular complexity index is 524. The molecule has 6 heteroatoms. The minimum Gasteiger partial charge on any atom is -0.325 e. The SMILES string of the molecule is O=[N+]([O-])c1ccc([C@@H]2CN3C=CSC3=N2)cc1. The fourth-order valence-electron chi connectivity index (χ4n) is 1.90. The second kappa shape index (κ2) is 3.89.